The summed E-state index contributed by atoms with van der Waals surface area (Å²) < 4.78 is 7.39. The van der Waals surface area contributed by atoms with Crippen molar-refractivity contribution in [2.75, 3.05) is 0 Å². The molecular weight excluding hydrogens is 228 g/mol. The van der Waals surface area contributed by atoms with Gasteiger partial charge in [0.25, 0.3) is 0 Å². The zero-order valence-corrected chi connectivity index (χ0v) is 10.4. The van der Waals surface area contributed by atoms with Crippen molar-refractivity contribution in [3.63, 3.8) is 0 Å². The van der Waals surface area contributed by atoms with Gasteiger partial charge in [-0.1, -0.05) is 6.92 Å². The van der Waals surface area contributed by atoms with Gasteiger partial charge in [-0.25, -0.2) is 4.98 Å². The second-order valence-corrected chi connectivity index (χ2v) is 3.96. The van der Waals surface area contributed by atoms with Gasteiger partial charge in [-0.15, -0.1) is 0 Å². The molecule has 0 saturated carbocycles. The lowest BCUT2D eigenvalue weighted by Gasteiger charge is -2.04. The van der Waals surface area contributed by atoms with Gasteiger partial charge in [0.05, 0.1) is 12.4 Å². The normalized spacial score (nSPS) is 10.1. The van der Waals surface area contributed by atoms with E-state index in [4.69, 9.17) is 10.00 Å². The van der Waals surface area contributed by atoms with E-state index in [1.54, 1.807) is 29.2 Å². The largest absolute Gasteiger partial charge is 0.434 e. The van der Waals surface area contributed by atoms with Crippen LogP contribution in [0.4, 0.5) is 0 Å². The fraction of sp³-hybridized carbons (Fsp3) is 0.308. The van der Waals surface area contributed by atoms with Gasteiger partial charge in [0.1, 0.15) is 11.6 Å². The zero-order chi connectivity index (χ0) is 13.0. The molecule has 0 radical (unpaired) electrons. The molecule has 2 aromatic rings. The number of aryl methyl sites for hydroxylation is 2. The predicted octanol–water partition coefficient (Wildman–Crippen LogP) is 2.66. The van der Waals surface area contributed by atoms with Crippen LogP contribution in [0, 0.1) is 18.3 Å². The zero-order valence-electron chi connectivity index (χ0n) is 10.4. The van der Waals surface area contributed by atoms with Crippen molar-refractivity contribution in [1.29, 1.82) is 5.26 Å². The van der Waals surface area contributed by atoms with Crippen molar-refractivity contribution in [3.8, 4) is 17.7 Å². The van der Waals surface area contributed by atoms with Crippen molar-refractivity contribution in [3.05, 3.63) is 35.8 Å². The molecule has 2 rings (SSSR count). The summed E-state index contributed by atoms with van der Waals surface area (Å²) in [5.41, 5.74) is 1.23. The van der Waals surface area contributed by atoms with Crippen LogP contribution in [0.5, 0.6) is 11.6 Å². The Morgan fingerprint density at radius 3 is 3.00 bits per heavy atom. The highest BCUT2D eigenvalue weighted by molar-refractivity contribution is 5.40. The Morgan fingerprint density at radius 1 is 1.44 bits per heavy atom. The molecule has 0 spiro atoms. The second kappa shape index (κ2) is 5.32. The topological polar surface area (TPSA) is 63.7 Å². The van der Waals surface area contributed by atoms with Crippen molar-refractivity contribution in [2.24, 2.45) is 0 Å². The molecule has 0 aliphatic rings. The van der Waals surface area contributed by atoms with E-state index >= 15 is 0 Å². The number of nitrogens with zero attached hydrogens (tertiary/aromatic N) is 4. The molecule has 0 amide bonds. The quantitative estimate of drug-likeness (QED) is 0.826. The molecule has 0 unspecified atom stereocenters. The van der Waals surface area contributed by atoms with Crippen molar-refractivity contribution in [2.45, 2.75) is 26.8 Å². The fourth-order valence-corrected chi connectivity index (χ4v) is 1.56. The number of ether oxygens (including phenoxy) is 1. The lowest BCUT2D eigenvalue weighted by molar-refractivity contribution is 0.458. The summed E-state index contributed by atoms with van der Waals surface area (Å²) in [5, 5.41) is 13.1. The smallest absolute Gasteiger partial charge is 0.237 e. The van der Waals surface area contributed by atoms with Gasteiger partial charge in [-0.3, -0.25) is 4.68 Å². The SMILES string of the molecule is CCCn1cc(Oc2nc(C)ccc2C#N)cn1. The molecule has 0 atom stereocenters. The van der Waals surface area contributed by atoms with Crippen molar-refractivity contribution < 1.29 is 4.74 Å². The average molecular weight is 242 g/mol. The third-order valence-corrected chi connectivity index (χ3v) is 2.40. The minimum atomic E-state index is 0.327. The first-order chi connectivity index (χ1) is 8.72. The third kappa shape index (κ3) is 2.66. The Kier molecular flexibility index (Phi) is 3.58. The second-order valence-electron chi connectivity index (χ2n) is 3.96. The molecule has 5 heteroatoms. The Labute approximate surface area is 106 Å². The molecule has 2 aromatic heterocycles. The molecule has 0 bridgehead atoms. The highest BCUT2D eigenvalue weighted by Gasteiger charge is 2.08. The van der Waals surface area contributed by atoms with Crippen LogP contribution in [0.2, 0.25) is 0 Å². The lowest BCUT2D eigenvalue weighted by atomic mass is 10.2. The maximum Gasteiger partial charge on any atom is 0.237 e. The van der Waals surface area contributed by atoms with Crippen LogP contribution in [-0.4, -0.2) is 14.8 Å². The summed E-state index contributed by atoms with van der Waals surface area (Å²) in [6.07, 6.45) is 4.43. The maximum absolute atomic E-state index is 8.99. The first-order valence-corrected chi connectivity index (χ1v) is 5.81. The molecule has 0 N–H and O–H groups in total. The Balaban J connectivity index is 2.22. The monoisotopic (exact) mass is 242 g/mol. The standard InChI is InChI=1S/C13H14N4O/c1-3-6-17-9-12(8-15-17)18-13-11(7-14)5-4-10(2)16-13/h4-5,8-9H,3,6H2,1-2H3. The van der Waals surface area contributed by atoms with Crippen LogP contribution in [0.3, 0.4) is 0 Å². The van der Waals surface area contributed by atoms with E-state index in [0.717, 1.165) is 18.7 Å². The Hall–Kier alpha value is -2.35. The van der Waals surface area contributed by atoms with Crippen LogP contribution in [0.25, 0.3) is 0 Å². The van der Waals surface area contributed by atoms with Gasteiger partial charge < -0.3 is 4.74 Å². The highest BCUT2D eigenvalue weighted by Crippen LogP contribution is 2.22. The molecule has 0 fully saturated rings. The van der Waals surface area contributed by atoms with E-state index in [1.807, 2.05) is 6.92 Å². The summed E-state index contributed by atoms with van der Waals surface area (Å²) in [4.78, 5) is 4.21. The summed E-state index contributed by atoms with van der Waals surface area (Å²) in [6.45, 7) is 4.78. The molecule has 0 saturated heterocycles. The lowest BCUT2D eigenvalue weighted by Crippen LogP contribution is -1.96. The molecular formula is C13H14N4O. The number of pyridine rings is 1. The van der Waals surface area contributed by atoms with E-state index in [1.165, 1.54) is 0 Å². The molecule has 18 heavy (non-hydrogen) atoms. The predicted molar refractivity (Wildman–Crippen MR) is 66.3 cm³/mol. The number of rotatable bonds is 4. The van der Waals surface area contributed by atoms with Gasteiger partial charge in [-0.2, -0.15) is 10.4 Å². The highest BCUT2D eigenvalue weighted by atomic mass is 16.5. The number of hydrogen-bond donors (Lipinski definition) is 0. The molecule has 2 heterocycles. The summed E-state index contributed by atoms with van der Waals surface area (Å²) >= 11 is 0. The van der Waals surface area contributed by atoms with Crippen molar-refractivity contribution in [1.82, 2.24) is 14.8 Å². The van der Waals surface area contributed by atoms with Gasteiger partial charge >= 0.3 is 0 Å². The Bertz CT molecular complexity index is 583. The van der Waals surface area contributed by atoms with Crippen LogP contribution in [0.1, 0.15) is 24.6 Å². The summed E-state index contributed by atoms with van der Waals surface area (Å²) in [5.74, 6) is 0.923. The number of nitriles is 1. The van der Waals surface area contributed by atoms with E-state index < -0.39 is 0 Å². The van der Waals surface area contributed by atoms with Gasteiger partial charge in [-0.05, 0) is 25.5 Å². The number of aromatic nitrogens is 3. The van der Waals surface area contributed by atoms with Gasteiger partial charge in [0.15, 0.2) is 5.75 Å². The van der Waals surface area contributed by atoms with E-state index in [-0.39, 0.29) is 0 Å². The third-order valence-electron chi connectivity index (χ3n) is 2.40. The van der Waals surface area contributed by atoms with Crippen LogP contribution >= 0.6 is 0 Å². The molecule has 0 aliphatic heterocycles. The van der Waals surface area contributed by atoms with Gasteiger partial charge in [0.2, 0.25) is 5.88 Å². The average Bonchev–Trinajstić information content (AvgIpc) is 2.77. The molecule has 0 aromatic carbocycles. The van der Waals surface area contributed by atoms with E-state index in [2.05, 4.69) is 23.1 Å². The molecule has 0 aliphatic carbocycles. The minimum Gasteiger partial charge on any atom is -0.434 e. The Morgan fingerprint density at radius 2 is 2.28 bits per heavy atom. The van der Waals surface area contributed by atoms with Gasteiger partial charge in [0, 0.05) is 12.2 Å². The fourth-order valence-electron chi connectivity index (χ4n) is 1.56. The number of hydrogen-bond acceptors (Lipinski definition) is 4. The molecule has 92 valence electrons. The minimum absolute atomic E-state index is 0.327. The first-order valence-electron chi connectivity index (χ1n) is 5.81. The van der Waals surface area contributed by atoms with Crippen LogP contribution in [0.15, 0.2) is 24.5 Å². The molecule has 5 nitrogen and oxygen atoms in total. The first kappa shape index (κ1) is 12.1. The van der Waals surface area contributed by atoms with E-state index in [0.29, 0.717) is 17.2 Å². The maximum atomic E-state index is 8.99. The van der Waals surface area contributed by atoms with E-state index in [9.17, 15) is 0 Å². The van der Waals surface area contributed by atoms with Crippen LogP contribution < -0.4 is 4.74 Å². The van der Waals surface area contributed by atoms with Crippen molar-refractivity contribution >= 4 is 0 Å². The van der Waals surface area contributed by atoms with Crippen LogP contribution in [-0.2, 0) is 6.54 Å². The summed E-state index contributed by atoms with van der Waals surface area (Å²) in [6, 6.07) is 5.55. The summed E-state index contributed by atoms with van der Waals surface area (Å²) in [7, 11) is 0.